The number of alkyl halides is 2. The number of benzene rings is 1. The van der Waals surface area contributed by atoms with Crippen molar-refractivity contribution in [3.05, 3.63) is 23.6 Å². The number of nitrogens with zero attached hydrogens (tertiary/aromatic N) is 3. The molecule has 1 amide bonds. The van der Waals surface area contributed by atoms with Gasteiger partial charge in [-0.2, -0.15) is 8.78 Å². The molecule has 1 saturated heterocycles. The maximum Gasteiger partial charge on any atom is 0.420 e. The molecule has 1 saturated carbocycles. The standard InChI is InChI=1S/C27H37F2N3O6/c1-16-18(10-11-19(35-6)20(16)36-7)37-23-31-30-21(38-23)17-9-8-12-32(17)22(33)27(28,29)26(34)14-24(2,3)13-25(4,5)15-26/h10-11,17,34H,8-9,12-15H2,1-7H3/t17-/m0/s1. The Morgan fingerprint density at radius 2 is 1.71 bits per heavy atom. The van der Waals surface area contributed by atoms with Gasteiger partial charge in [-0.3, -0.25) is 4.79 Å². The first-order valence-corrected chi connectivity index (χ1v) is 12.8. The van der Waals surface area contributed by atoms with Crippen LogP contribution in [0.25, 0.3) is 0 Å². The van der Waals surface area contributed by atoms with E-state index in [1.165, 1.54) is 14.2 Å². The van der Waals surface area contributed by atoms with Gasteiger partial charge < -0.3 is 28.6 Å². The fraction of sp³-hybridized carbons (Fsp3) is 0.667. The number of ether oxygens (including phenoxy) is 3. The van der Waals surface area contributed by atoms with Gasteiger partial charge in [0.25, 0.3) is 5.91 Å². The van der Waals surface area contributed by atoms with Crippen LogP contribution < -0.4 is 14.2 Å². The van der Waals surface area contributed by atoms with Crippen LogP contribution >= 0.6 is 0 Å². The summed E-state index contributed by atoms with van der Waals surface area (Å²) < 4.78 is 53.7. The van der Waals surface area contributed by atoms with E-state index in [1.807, 2.05) is 27.7 Å². The number of halogens is 2. The monoisotopic (exact) mass is 537 g/mol. The number of aromatic nitrogens is 2. The van der Waals surface area contributed by atoms with Gasteiger partial charge in [-0.05, 0) is 62.0 Å². The molecule has 2 heterocycles. The van der Waals surface area contributed by atoms with Crippen LogP contribution in [0.1, 0.15) is 77.3 Å². The second-order valence-corrected chi connectivity index (χ2v) is 12.1. The number of carbonyl (C=O) groups excluding carboxylic acids is 1. The molecule has 1 aromatic heterocycles. The van der Waals surface area contributed by atoms with Gasteiger partial charge in [-0.15, -0.1) is 5.10 Å². The predicted molar refractivity (Wildman–Crippen MR) is 134 cm³/mol. The highest BCUT2D eigenvalue weighted by Crippen LogP contribution is 2.55. The Kier molecular flexibility index (Phi) is 7.14. The molecular formula is C27H37F2N3O6. The maximum atomic E-state index is 15.8. The normalized spacial score (nSPS) is 22.3. The highest BCUT2D eigenvalue weighted by molar-refractivity contribution is 5.85. The van der Waals surface area contributed by atoms with Crippen LogP contribution in [0, 0.1) is 17.8 Å². The van der Waals surface area contributed by atoms with Crippen molar-refractivity contribution in [2.75, 3.05) is 20.8 Å². The van der Waals surface area contributed by atoms with Crippen LogP contribution in [-0.2, 0) is 4.79 Å². The van der Waals surface area contributed by atoms with Crippen molar-refractivity contribution in [2.45, 2.75) is 84.3 Å². The van der Waals surface area contributed by atoms with E-state index in [4.69, 9.17) is 18.6 Å². The van der Waals surface area contributed by atoms with Crippen LogP contribution in [0.5, 0.6) is 23.3 Å². The summed E-state index contributed by atoms with van der Waals surface area (Å²) >= 11 is 0. The molecule has 1 aliphatic heterocycles. The lowest BCUT2D eigenvalue weighted by Crippen LogP contribution is -2.62. The van der Waals surface area contributed by atoms with E-state index in [0.29, 0.717) is 42.1 Å². The summed E-state index contributed by atoms with van der Waals surface area (Å²) in [6.45, 7) is 9.24. The number of hydrogen-bond donors (Lipinski definition) is 1. The summed E-state index contributed by atoms with van der Waals surface area (Å²) in [5, 5.41) is 19.1. The van der Waals surface area contributed by atoms with E-state index in [0.717, 1.165) is 4.90 Å². The Hall–Kier alpha value is -2.95. The van der Waals surface area contributed by atoms with Gasteiger partial charge >= 0.3 is 12.0 Å². The topological polar surface area (TPSA) is 107 Å². The number of amides is 1. The van der Waals surface area contributed by atoms with Crippen molar-refractivity contribution in [1.82, 2.24) is 15.1 Å². The molecule has 0 radical (unpaired) electrons. The predicted octanol–water partition coefficient (Wildman–Crippen LogP) is 5.45. The largest absolute Gasteiger partial charge is 0.493 e. The van der Waals surface area contributed by atoms with Gasteiger partial charge in [-0.1, -0.05) is 32.8 Å². The molecule has 2 fully saturated rings. The van der Waals surface area contributed by atoms with E-state index in [-0.39, 0.29) is 31.4 Å². The Balaban J connectivity index is 1.55. The summed E-state index contributed by atoms with van der Waals surface area (Å²) in [4.78, 5) is 14.4. The quantitative estimate of drug-likeness (QED) is 0.497. The number of hydrogen-bond acceptors (Lipinski definition) is 8. The van der Waals surface area contributed by atoms with E-state index in [2.05, 4.69) is 10.2 Å². The lowest BCUT2D eigenvalue weighted by molar-refractivity contribution is -0.231. The summed E-state index contributed by atoms with van der Waals surface area (Å²) in [6, 6.07) is 2.47. The van der Waals surface area contributed by atoms with Crippen molar-refractivity contribution in [3.63, 3.8) is 0 Å². The smallest absolute Gasteiger partial charge is 0.420 e. The van der Waals surface area contributed by atoms with E-state index < -0.39 is 34.3 Å². The molecule has 1 N–H and O–H groups in total. The molecule has 4 rings (SSSR count). The molecule has 0 bridgehead atoms. The molecule has 38 heavy (non-hydrogen) atoms. The second kappa shape index (κ2) is 9.66. The first-order chi connectivity index (χ1) is 17.6. The summed E-state index contributed by atoms with van der Waals surface area (Å²) in [7, 11) is 3.03. The van der Waals surface area contributed by atoms with Gasteiger partial charge in [0.2, 0.25) is 5.89 Å². The molecule has 2 aromatic rings. The zero-order valence-corrected chi connectivity index (χ0v) is 23.1. The lowest BCUT2D eigenvalue weighted by atomic mass is 9.58. The summed E-state index contributed by atoms with van der Waals surface area (Å²) in [5.74, 6) is -4.03. The minimum absolute atomic E-state index is 0.00364. The zero-order valence-electron chi connectivity index (χ0n) is 23.1. The van der Waals surface area contributed by atoms with Crippen molar-refractivity contribution in [3.8, 4) is 23.3 Å². The Bertz CT molecular complexity index is 1180. The van der Waals surface area contributed by atoms with Gasteiger partial charge in [-0.25, -0.2) is 0 Å². The van der Waals surface area contributed by atoms with Crippen LogP contribution in [0.15, 0.2) is 16.5 Å². The first kappa shape index (κ1) is 28.1. The number of methoxy groups -OCH3 is 2. The summed E-state index contributed by atoms with van der Waals surface area (Å²) in [5.41, 5.74) is -2.93. The molecule has 0 spiro atoms. The number of carbonyl (C=O) groups is 1. The van der Waals surface area contributed by atoms with Crippen molar-refractivity contribution < 1.29 is 37.3 Å². The Morgan fingerprint density at radius 1 is 1.08 bits per heavy atom. The number of aliphatic hydroxyl groups is 1. The average Bonchev–Trinajstić information content (AvgIpc) is 3.46. The molecule has 1 atom stereocenters. The van der Waals surface area contributed by atoms with Gasteiger partial charge in [0.1, 0.15) is 17.4 Å². The molecule has 1 aliphatic carbocycles. The van der Waals surface area contributed by atoms with E-state index in [9.17, 15) is 9.90 Å². The highest BCUT2D eigenvalue weighted by Gasteiger charge is 2.65. The highest BCUT2D eigenvalue weighted by atomic mass is 19.3. The van der Waals surface area contributed by atoms with E-state index in [1.54, 1.807) is 19.1 Å². The van der Waals surface area contributed by atoms with Crippen LogP contribution in [-0.4, -0.2) is 58.4 Å². The molecule has 0 unspecified atom stereocenters. The fourth-order valence-electron chi connectivity index (χ4n) is 6.60. The van der Waals surface area contributed by atoms with Crippen LogP contribution in [0.3, 0.4) is 0 Å². The molecular weight excluding hydrogens is 500 g/mol. The maximum absolute atomic E-state index is 15.8. The SMILES string of the molecule is COc1ccc(Oc2nnc([C@@H]3CCCN3C(=O)C(F)(F)C3(O)CC(C)(C)CC(C)(C)C3)o2)c(C)c1OC. The number of likely N-dealkylation sites (tertiary alicyclic amines) is 1. The first-order valence-electron chi connectivity index (χ1n) is 12.8. The van der Waals surface area contributed by atoms with Gasteiger partial charge in [0.15, 0.2) is 11.5 Å². The van der Waals surface area contributed by atoms with Crippen molar-refractivity contribution >= 4 is 5.91 Å². The molecule has 210 valence electrons. The summed E-state index contributed by atoms with van der Waals surface area (Å²) in [6.07, 6.45) is 0.969. The third-order valence-electron chi connectivity index (χ3n) is 7.51. The lowest BCUT2D eigenvalue weighted by Gasteiger charge is -2.51. The van der Waals surface area contributed by atoms with Gasteiger partial charge in [0.05, 0.1) is 14.2 Å². The Morgan fingerprint density at radius 3 is 2.32 bits per heavy atom. The average molecular weight is 538 g/mol. The van der Waals surface area contributed by atoms with Crippen molar-refractivity contribution in [1.29, 1.82) is 0 Å². The molecule has 11 heteroatoms. The third-order valence-corrected chi connectivity index (χ3v) is 7.51. The fourth-order valence-corrected chi connectivity index (χ4v) is 6.60. The minimum Gasteiger partial charge on any atom is -0.493 e. The zero-order chi connectivity index (χ0) is 28.1. The Labute approximate surface area is 221 Å². The number of rotatable bonds is 7. The molecule has 9 nitrogen and oxygen atoms in total. The van der Waals surface area contributed by atoms with Crippen LogP contribution in [0.2, 0.25) is 0 Å². The van der Waals surface area contributed by atoms with Gasteiger partial charge in [0, 0.05) is 12.1 Å². The second-order valence-electron chi connectivity index (χ2n) is 12.1. The van der Waals surface area contributed by atoms with E-state index >= 15 is 8.78 Å². The van der Waals surface area contributed by atoms with Crippen LogP contribution in [0.4, 0.5) is 8.78 Å². The molecule has 2 aliphatic rings. The van der Waals surface area contributed by atoms with Crippen molar-refractivity contribution in [2.24, 2.45) is 10.8 Å². The minimum atomic E-state index is -3.99. The molecule has 1 aromatic carbocycles. The third kappa shape index (κ3) is 5.04.